The molecule has 1 amide bonds. The van der Waals surface area contributed by atoms with E-state index in [-0.39, 0.29) is 11.9 Å². The van der Waals surface area contributed by atoms with Crippen LogP contribution in [-0.4, -0.2) is 44.8 Å². The Kier molecular flexibility index (Phi) is 3.93. The van der Waals surface area contributed by atoms with Crippen molar-refractivity contribution in [2.75, 3.05) is 13.1 Å². The van der Waals surface area contributed by atoms with Gasteiger partial charge >= 0.3 is 5.97 Å². The highest BCUT2D eigenvalue weighted by Crippen LogP contribution is 2.43. The molecule has 1 N–H and O–H groups in total. The van der Waals surface area contributed by atoms with Crippen LogP contribution in [0.1, 0.15) is 67.5 Å². The highest BCUT2D eigenvalue weighted by atomic mass is 16.4. The second-order valence-electron chi connectivity index (χ2n) is 6.49. The summed E-state index contributed by atoms with van der Waals surface area (Å²) in [5.41, 5.74) is 1.73. The van der Waals surface area contributed by atoms with Crippen molar-refractivity contribution in [1.29, 1.82) is 0 Å². The Hall–Kier alpha value is -1.85. The van der Waals surface area contributed by atoms with Crippen LogP contribution in [0.25, 0.3) is 0 Å². The van der Waals surface area contributed by atoms with Crippen molar-refractivity contribution in [2.24, 2.45) is 5.92 Å². The molecule has 22 heavy (non-hydrogen) atoms. The van der Waals surface area contributed by atoms with Crippen molar-refractivity contribution in [3.8, 4) is 0 Å². The van der Waals surface area contributed by atoms with E-state index in [4.69, 9.17) is 5.11 Å². The number of carbonyl (C=O) groups is 2. The summed E-state index contributed by atoms with van der Waals surface area (Å²) in [4.78, 5) is 25.5. The Morgan fingerprint density at radius 3 is 2.68 bits per heavy atom. The molecule has 3 rings (SSSR count). The first kappa shape index (κ1) is 15.1. The third kappa shape index (κ3) is 2.62. The van der Waals surface area contributed by atoms with Gasteiger partial charge in [-0.1, -0.05) is 6.92 Å². The van der Waals surface area contributed by atoms with E-state index < -0.39 is 11.9 Å². The fourth-order valence-electron chi connectivity index (χ4n) is 3.14. The predicted molar refractivity (Wildman–Crippen MR) is 80.9 cm³/mol. The zero-order valence-corrected chi connectivity index (χ0v) is 13.2. The Morgan fingerprint density at radius 1 is 1.41 bits per heavy atom. The van der Waals surface area contributed by atoms with Crippen molar-refractivity contribution in [3.63, 3.8) is 0 Å². The van der Waals surface area contributed by atoms with Gasteiger partial charge < -0.3 is 10.0 Å². The summed E-state index contributed by atoms with van der Waals surface area (Å²) in [6.07, 6.45) is 5.41. The van der Waals surface area contributed by atoms with E-state index in [9.17, 15) is 9.59 Å². The quantitative estimate of drug-likeness (QED) is 0.905. The smallest absolute Gasteiger partial charge is 0.308 e. The van der Waals surface area contributed by atoms with E-state index in [2.05, 4.69) is 18.9 Å². The molecule has 0 aromatic carbocycles. The SMILES string of the molecule is CCC(C)n1ncc(C(=O)N2CCC(C(=O)O)C2)c1C1CC1. The Balaban J connectivity index is 1.84. The van der Waals surface area contributed by atoms with Crippen LogP contribution in [0.3, 0.4) is 0 Å². The van der Waals surface area contributed by atoms with Crippen LogP contribution >= 0.6 is 0 Å². The van der Waals surface area contributed by atoms with Crippen LogP contribution in [0.15, 0.2) is 6.20 Å². The zero-order chi connectivity index (χ0) is 15.9. The Labute approximate surface area is 130 Å². The fraction of sp³-hybridized carbons (Fsp3) is 0.688. The second-order valence-corrected chi connectivity index (χ2v) is 6.49. The molecule has 6 heteroatoms. The Morgan fingerprint density at radius 2 is 2.14 bits per heavy atom. The molecule has 6 nitrogen and oxygen atoms in total. The minimum Gasteiger partial charge on any atom is -0.481 e. The van der Waals surface area contributed by atoms with Gasteiger partial charge in [0.25, 0.3) is 5.91 Å². The van der Waals surface area contributed by atoms with Crippen LogP contribution in [0.2, 0.25) is 0 Å². The van der Waals surface area contributed by atoms with Crippen LogP contribution < -0.4 is 0 Å². The third-order valence-corrected chi connectivity index (χ3v) is 4.86. The lowest BCUT2D eigenvalue weighted by Gasteiger charge is -2.18. The number of amides is 1. The number of aromatic nitrogens is 2. The maximum Gasteiger partial charge on any atom is 0.308 e. The molecule has 2 fully saturated rings. The number of nitrogens with zero attached hydrogens (tertiary/aromatic N) is 3. The lowest BCUT2D eigenvalue weighted by atomic mass is 10.1. The molecular weight excluding hydrogens is 282 g/mol. The first-order valence-corrected chi connectivity index (χ1v) is 8.12. The molecule has 1 saturated carbocycles. The van der Waals surface area contributed by atoms with Crippen molar-refractivity contribution in [2.45, 2.75) is 51.5 Å². The molecule has 0 radical (unpaired) electrons. The van der Waals surface area contributed by atoms with Gasteiger partial charge in [-0.3, -0.25) is 14.3 Å². The van der Waals surface area contributed by atoms with Crippen LogP contribution in [0.4, 0.5) is 0 Å². The van der Waals surface area contributed by atoms with Gasteiger partial charge in [-0.05, 0) is 32.6 Å². The van der Waals surface area contributed by atoms with Gasteiger partial charge in [0, 0.05) is 25.0 Å². The van der Waals surface area contributed by atoms with E-state index in [1.54, 1.807) is 11.1 Å². The number of carboxylic acids is 1. The van der Waals surface area contributed by atoms with Crippen molar-refractivity contribution in [3.05, 3.63) is 17.5 Å². The summed E-state index contributed by atoms with van der Waals surface area (Å²) in [6, 6.07) is 0.280. The van der Waals surface area contributed by atoms with E-state index in [0.29, 0.717) is 31.0 Å². The Bertz CT molecular complexity index is 591. The van der Waals surface area contributed by atoms with Crippen LogP contribution in [0.5, 0.6) is 0 Å². The molecule has 1 aliphatic heterocycles. The summed E-state index contributed by atoms with van der Waals surface area (Å²) in [5, 5.41) is 13.5. The molecule has 1 aliphatic carbocycles. The second kappa shape index (κ2) is 5.74. The fourth-order valence-corrected chi connectivity index (χ4v) is 3.14. The van der Waals surface area contributed by atoms with Crippen molar-refractivity contribution >= 4 is 11.9 Å². The molecule has 120 valence electrons. The summed E-state index contributed by atoms with van der Waals surface area (Å²) in [5.74, 6) is -0.862. The number of hydrogen-bond acceptors (Lipinski definition) is 3. The minimum absolute atomic E-state index is 0.0554. The summed E-state index contributed by atoms with van der Waals surface area (Å²) in [7, 11) is 0. The van der Waals surface area contributed by atoms with E-state index in [1.165, 1.54) is 0 Å². The maximum absolute atomic E-state index is 12.8. The standard InChI is InChI=1S/C16H23N3O3/c1-3-10(2)19-14(11-4-5-11)13(8-17-19)15(20)18-7-6-12(9-18)16(21)22/h8,10-12H,3-7,9H2,1-2H3,(H,21,22). The topological polar surface area (TPSA) is 75.4 Å². The number of rotatable bonds is 5. The molecule has 2 aliphatic rings. The summed E-state index contributed by atoms with van der Waals surface area (Å²) >= 11 is 0. The van der Waals surface area contributed by atoms with Gasteiger partial charge in [0.05, 0.1) is 23.4 Å². The van der Waals surface area contributed by atoms with Gasteiger partial charge in [0.1, 0.15) is 0 Å². The molecule has 2 heterocycles. The molecule has 1 aromatic heterocycles. The normalized spacial score (nSPS) is 22.8. The van der Waals surface area contributed by atoms with Gasteiger partial charge in [-0.2, -0.15) is 5.10 Å². The highest BCUT2D eigenvalue weighted by Gasteiger charge is 2.37. The lowest BCUT2D eigenvalue weighted by Crippen LogP contribution is -2.30. The third-order valence-electron chi connectivity index (χ3n) is 4.86. The van der Waals surface area contributed by atoms with Gasteiger partial charge in [0.15, 0.2) is 0 Å². The first-order chi connectivity index (χ1) is 10.5. The zero-order valence-electron chi connectivity index (χ0n) is 13.2. The molecule has 0 spiro atoms. The van der Waals surface area contributed by atoms with E-state index in [1.807, 2.05) is 4.68 Å². The van der Waals surface area contributed by atoms with Gasteiger partial charge in [-0.15, -0.1) is 0 Å². The number of carboxylic acid groups (broad SMARTS) is 1. The maximum atomic E-state index is 12.8. The molecule has 2 atom stereocenters. The summed E-state index contributed by atoms with van der Waals surface area (Å²) in [6.45, 7) is 5.06. The van der Waals surface area contributed by atoms with Gasteiger partial charge in [0.2, 0.25) is 0 Å². The van der Waals surface area contributed by atoms with Gasteiger partial charge in [-0.25, -0.2) is 0 Å². The van der Waals surface area contributed by atoms with Crippen molar-refractivity contribution in [1.82, 2.24) is 14.7 Å². The molecule has 1 saturated heterocycles. The van der Waals surface area contributed by atoms with E-state index in [0.717, 1.165) is 25.0 Å². The number of likely N-dealkylation sites (tertiary alicyclic amines) is 1. The predicted octanol–water partition coefficient (Wildman–Crippen LogP) is 2.28. The monoisotopic (exact) mass is 305 g/mol. The molecule has 1 aromatic rings. The first-order valence-electron chi connectivity index (χ1n) is 8.12. The number of hydrogen-bond donors (Lipinski definition) is 1. The van der Waals surface area contributed by atoms with Crippen LogP contribution in [0, 0.1) is 5.92 Å². The molecular formula is C16H23N3O3. The largest absolute Gasteiger partial charge is 0.481 e. The average molecular weight is 305 g/mol. The number of carbonyl (C=O) groups excluding carboxylic acids is 1. The molecule has 2 unspecified atom stereocenters. The minimum atomic E-state index is -0.812. The summed E-state index contributed by atoms with van der Waals surface area (Å²) < 4.78 is 2.00. The average Bonchev–Trinajstić information content (AvgIpc) is 3.06. The lowest BCUT2D eigenvalue weighted by molar-refractivity contribution is -0.141. The number of aliphatic carboxylic acids is 1. The van der Waals surface area contributed by atoms with E-state index >= 15 is 0 Å². The highest BCUT2D eigenvalue weighted by molar-refractivity contribution is 5.96. The van der Waals surface area contributed by atoms with Crippen LogP contribution in [-0.2, 0) is 4.79 Å². The molecule has 0 bridgehead atoms. The van der Waals surface area contributed by atoms with Crippen molar-refractivity contribution < 1.29 is 14.7 Å².